The third-order valence-corrected chi connectivity index (χ3v) is 3.90. The third-order valence-electron chi connectivity index (χ3n) is 3.90. The second-order valence-corrected chi connectivity index (χ2v) is 6.19. The van der Waals surface area contributed by atoms with E-state index in [1.165, 1.54) is 0 Å². The number of aromatic nitrogens is 2. The highest BCUT2D eigenvalue weighted by atomic mass is 16.5. The molecule has 2 amide bonds. The number of benzene rings is 1. The highest BCUT2D eigenvalue weighted by molar-refractivity contribution is 5.89. The van der Waals surface area contributed by atoms with Crippen molar-refractivity contribution in [3.05, 3.63) is 42.2 Å². The predicted octanol–water partition coefficient (Wildman–Crippen LogP) is 3.09. The van der Waals surface area contributed by atoms with Crippen LogP contribution in [0.2, 0.25) is 0 Å². The van der Waals surface area contributed by atoms with Gasteiger partial charge >= 0.3 is 6.03 Å². The van der Waals surface area contributed by atoms with Crippen molar-refractivity contribution in [1.82, 2.24) is 14.9 Å². The highest BCUT2D eigenvalue weighted by Gasteiger charge is 2.25. The number of hydrogen-bond acceptors (Lipinski definition) is 4. The van der Waals surface area contributed by atoms with Crippen molar-refractivity contribution in [1.29, 1.82) is 0 Å². The lowest BCUT2D eigenvalue weighted by atomic mass is 10.2. The maximum atomic E-state index is 12.4. The van der Waals surface area contributed by atoms with E-state index in [0.717, 1.165) is 16.9 Å². The van der Waals surface area contributed by atoms with E-state index in [0.29, 0.717) is 18.9 Å². The molecule has 1 aromatic heterocycles. The van der Waals surface area contributed by atoms with Gasteiger partial charge in [0, 0.05) is 36.2 Å². The Bertz CT molecular complexity index is 707. The number of ether oxygens (including phenoxy) is 1. The minimum absolute atomic E-state index is 0.0559. The van der Waals surface area contributed by atoms with Gasteiger partial charge in [-0.25, -0.2) is 14.8 Å². The van der Waals surface area contributed by atoms with Crippen LogP contribution in [0.3, 0.4) is 0 Å². The van der Waals surface area contributed by atoms with E-state index in [1.54, 1.807) is 11.1 Å². The lowest BCUT2D eigenvalue weighted by molar-refractivity contribution is -0.0530. The number of carbonyl (C=O) groups excluding carboxylic acids is 1. The molecular formula is C18H22N4O2. The molecule has 0 spiro atoms. The zero-order valence-electron chi connectivity index (χ0n) is 14.2. The number of anilines is 1. The fourth-order valence-electron chi connectivity index (χ4n) is 2.84. The maximum Gasteiger partial charge on any atom is 0.322 e. The molecule has 0 unspecified atom stereocenters. The molecule has 0 bridgehead atoms. The summed E-state index contributed by atoms with van der Waals surface area (Å²) in [5.74, 6) is 0.684. The summed E-state index contributed by atoms with van der Waals surface area (Å²) in [7, 11) is 0. The highest BCUT2D eigenvalue weighted by Crippen LogP contribution is 2.19. The van der Waals surface area contributed by atoms with Crippen LogP contribution >= 0.6 is 0 Å². The molecule has 0 aliphatic carbocycles. The van der Waals surface area contributed by atoms with Crippen molar-refractivity contribution in [2.24, 2.45) is 0 Å². The molecule has 1 saturated heterocycles. The summed E-state index contributed by atoms with van der Waals surface area (Å²) in [6.07, 6.45) is 1.86. The van der Waals surface area contributed by atoms with Crippen LogP contribution in [0.25, 0.3) is 11.4 Å². The lowest BCUT2D eigenvalue weighted by Gasteiger charge is -2.35. The van der Waals surface area contributed by atoms with Crippen LogP contribution in [0, 0.1) is 6.92 Å². The lowest BCUT2D eigenvalue weighted by Crippen LogP contribution is -2.49. The molecule has 1 N–H and O–H groups in total. The molecule has 0 radical (unpaired) electrons. The Morgan fingerprint density at radius 3 is 2.46 bits per heavy atom. The second kappa shape index (κ2) is 6.97. The van der Waals surface area contributed by atoms with Gasteiger partial charge in [0.05, 0.1) is 12.2 Å². The van der Waals surface area contributed by atoms with E-state index in [9.17, 15) is 4.79 Å². The molecule has 0 saturated carbocycles. The van der Waals surface area contributed by atoms with Gasteiger partial charge in [-0.15, -0.1) is 0 Å². The van der Waals surface area contributed by atoms with Crippen LogP contribution in [0.15, 0.2) is 36.5 Å². The minimum Gasteiger partial charge on any atom is -0.372 e. The van der Waals surface area contributed by atoms with Gasteiger partial charge in [0.1, 0.15) is 0 Å². The van der Waals surface area contributed by atoms with Gasteiger partial charge in [0.25, 0.3) is 0 Å². The van der Waals surface area contributed by atoms with Crippen molar-refractivity contribution in [2.75, 3.05) is 18.4 Å². The van der Waals surface area contributed by atoms with Gasteiger partial charge in [-0.05, 0) is 51.1 Å². The normalized spacial score (nSPS) is 20.7. The van der Waals surface area contributed by atoms with E-state index >= 15 is 0 Å². The number of carbonyl (C=O) groups is 1. The Hall–Kier alpha value is -2.47. The van der Waals surface area contributed by atoms with Crippen molar-refractivity contribution in [2.45, 2.75) is 33.0 Å². The first-order valence-corrected chi connectivity index (χ1v) is 8.13. The Kier molecular flexibility index (Phi) is 4.76. The Morgan fingerprint density at radius 2 is 1.83 bits per heavy atom. The fraction of sp³-hybridized carbons (Fsp3) is 0.389. The van der Waals surface area contributed by atoms with Gasteiger partial charge in [-0.1, -0.05) is 0 Å². The molecule has 1 aliphatic rings. The van der Waals surface area contributed by atoms with Gasteiger partial charge in [0.15, 0.2) is 5.82 Å². The van der Waals surface area contributed by atoms with Crippen LogP contribution < -0.4 is 5.32 Å². The Labute approximate surface area is 141 Å². The molecule has 24 heavy (non-hydrogen) atoms. The molecule has 2 heterocycles. The molecule has 6 nitrogen and oxygen atoms in total. The number of nitrogens with zero attached hydrogens (tertiary/aromatic N) is 3. The van der Waals surface area contributed by atoms with Crippen LogP contribution in [0.5, 0.6) is 0 Å². The largest absolute Gasteiger partial charge is 0.372 e. The number of hydrogen-bond donors (Lipinski definition) is 1. The van der Waals surface area contributed by atoms with Crippen molar-refractivity contribution in [3.8, 4) is 11.4 Å². The maximum absolute atomic E-state index is 12.4. The fourth-order valence-corrected chi connectivity index (χ4v) is 2.84. The summed E-state index contributed by atoms with van der Waals surface area (Å²) in [6.45, 7) is 7.10. The van der Waals surface area contributed by atoms with E-state index in [2.05, 4.69) is 15.3 Å². The molecule has 126 valence electrons. The summed E-state index contributed by atoms with van der Waals surface area (Å²) in [5, 5.41) is 2.93. The molecule has 1 aliphatic heterocycles. The summed E-state index contributed by atoms with van der Waals surface area (Å²) >= 11 is 0. The Balaban J connectivity index is 1.67. The topological polar surface area (TPSA) is 67.4 Å². The van der Waals surface area contributed by atoms with Gasteiger partial charge < -0.3 is 15.0 Å². The number of rotatable bonds is 2. The van der Waals surface area contributed by atoms with E-state index < -0.39 is 0 Å². The molecule has 2 atom stereocenters. The minimum atomic E-state index is -0.100. The summed E-state index contributed by atoms with van der Waals surface area (Å²) in [4.78, 5) is 22.9. The number of amides is 2. The first kappa shape index (κ1) is 16.4. The van der Waals surface area contributed by atoms with Gasteiger partial charge in [0.2, 0.25) is 0 Å². The molecular weight excluding hydrogens is 304 g/mol. The summed E-state index contributed by atoms with van der Waals surface area (Å²) < 4.78 is 5.66. The number of aryl methyl sites for hydroxylation is 1. The van der Waals surface area contributed by atoms with Crippen LogP contribution in [0.4, 0.5) is 10.5 Å². The average Bonchev–Trinajstić information content (AvgIpc) is 2.54. The third kappa shape index (κ3) is 3.89. The SMILES string of the molecule is Cc1ccnc(-c2ccc(NC(=O)N3C[C@@H](C)O[C@@H](C)C3)cc2)n1. The molecule has 1 fully saturated rings. The van der Waals surface area contributed by atoms with Crippen molar-refractivity contribution in [3.63, 3.8) is 0 Å². The predicted molar refractivity (Wildman–Crippen MR) is 92.8 cm³/mol. The summed E-state index contributed by atoms with van der Waals surface area (Å²) in [5.41, 5.74) is 2.60. The second-order valence-electron chi connectivity index (χ2n) is 6.19. The number of urea groups is 1. The molecule has 6 heteroatoms. The zero-order valence-corrected chi connectivity index (χ0v) is 14.2. The van der Waals surface area contributed by atoms with Crippen LogP contribution in [-0.2, 0) is 4.74 Å². The number of morpholine rings is 1. The van der Waals surface area contributed by atoms with Gasteiger partial charge in [-0.3, -0.25) is 0 Å². The van der Waals surface area contributed by atoms with E-state index in [-0.39, 0.29) is 18.2 Å². The van der Waals surface area contributed by atoms with Crippen molar-refractivity contribution < 1.29 is 9.53 Å². The average molecular weight is 326 g/mol. The van der Waals surface area contributed by atoms with Crippen LogP contribution in [0.1, 0.15) is 19.5 Å². The quantitative estimate of drug-likeness (QED) is 0.921. The first-order chi connectivity index (χ1) is 11.5. The van der Waals surface area contributed by atoms with Gasteiger partial charge in [-0.2, -0.15) is 0 Å². The number of nitrogens with one attached hydrogen (secondary N) is 1. The van der Waals surface area contributed by atoms with E-state index in [1.807, 2.05) is 51.1 Å². The molecule has 1 aromatic carbocycles. The summed E-state index contributed by atoms with van der Waals surface area (Å²) in [6, 6.07) is 9.32. The van der Waals surface area contributed by atoms with E-state index in [4.69, 9.17) is 4.74 Å². The van der Waals surface area contributed by atoms with Crippen molar-refractivity contribution >= 4 is 11.7 Å². The van der Waals surface area contributed by atoms with Crippen LogP contribution in [-0.4, -0.2) is 46.2 Å². The zero-order chi connectivity index (χ0) is 17.1. The molecule has 3 rings (SSSR count). The molecule has 2 aromatic rings. The monoisotopic (exact) mass is 326 g/mol. The Morgan fingerprint density at radius 1 is 1.17 bits per heavy atom. The standard InChI is InChI=1S/C18H22N4O2/c1-12-8-9-19-17(20-12)15-4-6-16(7-5-15)21-18(23)22-10-13(2)24-14(3)11-22/h4-9,13-14H,10-11H2,1-3H3,(H,21,23)/t13-,14+. The first-order valence-electron chi connectivity index (χ1n) is 8.13. The smallest absolute Gasteiger partial charge is 0.322 e.